The third kappa shape index (κ3) is 4.37. The van der Waals surface area contributed by atoms with Crippen LogP contribution in [-0.2, 0) is 17.7 Å². The van der Waals surface area contributed by atoms with Crippen molar-refractivity contribution < 1.29 is 19.0 Å². The Morgan fingerprint density at radius 3 is 2.41 bits per heavy atom. The van der Waals surface area contributed by atoms with Crippen LogP contribution in [0.3, 0.4) is 0 Å². The smallest absolute Gasteiger partial charge is 0.342 e. The number of ether oxygens (including phenoxy) is 3. The fourth-order valence-electron chi connectivity index (χ4n) is 3.30. The van der Waals surface area contributed by atoms with Gasteiger partial charge in [0.15, 0.2) is 11.5 Å². The highest BCUT2D eigenvalue weighted by Crippen LogP contribution is 2.32. The van der Waals surface area contributed by atoms with Crippen molar-refractivity contribution in [3.63, 3.8) is 0 Å². The Morgan fingerprint density at radius 2 is 1.76 bits per heavy atom. The second kappa shape index (κ2) is 9.19. The molecule has 6 heteroatoms. The van der Waals surface area contributed by atoms with Crippen molar-refractivity contribution in [1.29, 1.82) is 0 Å². The fourth-order valence-corrected chi connectivity index (χ4v) is 3.30. The summed E-state index contributed by atoms with van der Waals surface area (Å²) in [6.07, 6.45) is 2.63. The van der Waals surface area contributed by atoms with Crippen LogP contribution in [0.4, 0.5) is 5.82 Å². The molecule has 2 aromatic carbocycles. The number of nitrogens with two attached hydrogens (primary N) is 1. The minimum absolute atomic E-state index is 0.295. The molecule has 6 nitrogen and oxygen atoms in total. The summed E-state index contributed by atoms with van der Waals surface area (Å²) in [5, 5.41) is 0. The maximum Gasteiger partial charge on any atom is 0.342 e. The topological polar surface area (TPSA) is 75.7 Å². The third-order valence-electron chi connectivity index (χ3n) is 4.77. The number of esters is 1. The zero-order valence-corrected chi connectivity index (χ0v) is 17.0. The molecule has 0 atom stereocenters. The van der Waals surface area contributed by atoms with Crippen LogP contribution in [0.1, 0.15) is 22.8 Å². The van der Waals surface area contributed by atoms with Gasteiger partial charge in [-0.3, -0.25) is 0 Å². The molecular weight excluding hydrogens is 368 g/mol. The lowest BCUT2D eigenvalue weighted by Gasteiger charge is -2.11. The van der Waals surface area contributed by atoms with Crippen molar-refractivity contribution in [1.82, 2.24) is 4.57 Å². The zero-order valence-electron chi connectivity index (χ0n) is 17.0. The maximum absolute atomic E-state index is 12.6. The zero-order chi connectivity index (χ0) is 20.8. The molecule has 0 aliphatic heterocycles. The molecule has 29 heavy (non-hydrogen) atoms. The average molecular weight is 394 g/mol. The van der Waals surface area contributed by atoms with Gasteiger partial charge in [-0.2, -0.15) is 0 Å². The van der Waals surface area contributed by atoms with Gasteiger partial charge in [-0.15, -0.1) is 0 Å². The predicted octanol–water partition coefficient (Wildman–Crippen LogP) is 4.17. The highest BCUT2D eigenvalue weighted by molar-refractivity contribution is 6.02. The monoisotopic (exact) mass is 394 g/mol. The Balaban J connectivity index is 1.91. The second-order valence-corrected chi connectivity index (χ2v) is 6.52. The van der Waals surface area contributed by atoms with Crippen molar-refractivity contribution in [2.45, 2.75) is 19.9 Å². The number of aromatic nitrogens is 1. The van der Waals surface area contributed by atoms with Crippen molar-refractivity contribution in [3.8, 4) is 22.6 Å². The number of carbonyl (C=O) groups is 1. The van der Waals surface area contributed by atoms with Gasteiger partial charge in [0.1, 0.15) is 11.4 Å². The van der Waals surface area contributed by atoms with Gasteiger partial charge in [0, 0.05) is 18.3 Å². The molecule has 0 bridgehead atoms. The van der Waals surface area contributed by atoms with Gasteiger partial charge in [0.05, 0.1) is 20.8 Å². The Labute approximate surface area is 170 Å². The Kier molecular flexibility index (Phi) is 6.44. The van der Waals surface area contributed by atoms with Gasteiger partial charge in [0.25, 0.3) is 0 Å². The molecule has 0 amide bonds. The lowest BCUT2D eigenvalue weighted by atomic mass is 10.0. The number of anilines is 1. The summed E-state index contributed by atoms with van der Waals surface area (Å²) in [6.45, 7) is 2.69. The molecule has 0 radical (unpaired) electrons. The molecule has 3 rings (SSSR count). The summed E-state index contributed by atoms with van der Waals surface area (Å²) in [6, 6.07) is 15.5. The number of hydrogen-bond donors (Lipinski definition) is 1. The van der Waals surface area contributed by atoms with Crippen molar-refractivity contribution in [2.75, 3.05) is 26.6 Å². The Hall–Kier alpha value is -3.41. The van der Waals surface area contributed by atoms with Gasteiger partial charge in [-0.25, -0.2) is 4.79 Å². The molecule has 2 N–H and O–H groups in total. The van der Waals surface area contributed by atoms with Gasteiger partial charge in [-0.1, -0.05) is 36.4 Å². The molecular formula is C23H26N2O4. The molecule has 0 unspecified atom stereocenters. The van der Waals surface area contributed by atoms with E-state index in [1.165, 1.54) is 0 Å². The van der Waals surface area contributed by atoms with Crippen LogP contribution in [0.2, 0.25) is 0 Å². The molecule has 0 aliphatic carbocycles. The van der Waals surface area contributed by atoms with Crippen molar-refractivity contribution in [3.05, 3.63) is 65.9 Å². The standard InChI is InChI=1S/C23H26N2O4/c1-4-29-23(26)21-18(17-8-6-5-7-9-17)15-25(22(21)24)13-12-16-10-11-19(27-2)20(14-16)28-3/h5-11,14-15H,4,12-13,24H2,1-3H3. The van der Waals surface area contributed by atoms with E-state index in [2.05, 4.69) is 0 Å². The highest BCUT2D eigenvalue weighted by Gasteiger charge is 2.22. The first-order valence-electron chi connectivity index (χ1n) is 9.51. The lowest BCUT2D eigenvalue weighted by molar-refractivity contribution is 0.0528. The lowest BCUT2D eigenvalue weighted by Crippen LogP contribution is -2.10. The van der Waals surface area contributed by atoms with Crippen LogP contribution < -0.4 is 15.2 Å². The van der Waals surface area contributed by atoms with Crippen molar-refractivity contribution in [2.24, 2.45) is 0 Å². The van der Waals surface area contributed by atoms with Crippen LogP contribution in [0.15, 0.2) is 54.7 Å². The fraction of sp³-hybridized carbons (Fsp3) is 0.261. The van der Waals surface area contributed by atoms with E-state index in [1.54, 1.807) is 21.1 Å². The number of nitrogens with zero attached hydrogens (tertiary/aromatic N) is 1. The summed E-state index contributed by atoms with van der Waals surface area (Å²) in [4.78, 5) is 12.6. The quantitative estimate of drug-likeness (QED) is 0.580. The minimum Gasteiger partial charge on any atom is -0.493 e. The van der Waals surface area contributed by atoms with Gasteiger partial charge in [-0.05, 0) is 36.6 Å². The maximum atomic E-state index is 12.6. The van der Waals surface area contributed by atoms with E-state index in [0.29, 0.717) is 36.0 Å². The van der Waals surface area contributed by atoms with E-state index < -0.39 is 5.97 Å². The number of methoxy groups -OCH3 is 2. The molecule has 0 saturated heterocycles. The van der Waals surface area contributed by atoms with E-state index in [4.69, 9.17) is 19.9 Å². The summed E-state index contributed by atoms with van der Waals surface area (Å²) >= 11 is 0. The van der Waals surface area contributed by atoms with Crippen LogP contribution in [-0.4, -0.2) is 31.4 Å². The predicted molar refractivity (Wildman–Crippen MR) is 113 cm³/mol. The first-order valence-corrected chi connectivity index (χ1v) is 9.51. The Morgan fingerprint density at radius 1 is 1.03 bits per heavy atom. The number of hydrogen-bond acceptors (Lipinski definition) is 5. The summed E-state index contributed by atoms with van der Waals surface area (Å²) in [5.74, 6) is 1.37. The number of rotatable bonds is 8. The molecule has 0 fully saturated rings. The van der Waals surface area contributed by atoms with Crippen LogP contribution >= 0.6 is 0 Å². The molecule has 3 aromatic rings. The van der Waals surface area contributed by atoms with Crippen LogP contribution in [0, 0.1) is 0 Å². The van der Waals surface area contributed by atoms with E-state index in [0.717, 1.165) is 23.1 Å². The average Bonchev–Trinajstić information content (AvgIpc) is 3.09. The van der Waals surface area contributed by atoms with E-state index in [1.807, 2.05) is 59.3 Å². The normalized spacial score (nSPS) is 10.6. The van der Waals surface area contributed by atoms with E-state index in [9.17, 15) is 4.79 Å². The largest absolute Gasteiger partial charge is 0.493 e. The third-order valence-corrected chi connectivity index (χ3v) is 4.77. The second-order valence-electron chi connectivity index (χ2n) is 6.52. The van der Waals surface area contributed by atoms with Crippen LogP contribution in [0.5, 0.6) is 11.5 Å². The molecule has 1 heterocycles. The molecule has 0 saturated carbocycles. The molecule has 1 aromatic heterocycles. The van der Waals surface area contributed by atoms with Gasteiger partial charge < -0.3 is 24.5 Å². The number of aryl methyl sites for hydroxylation is 2. The number of carbonyl (C=O) groups excluding carboxylic acids is 1. The minimum atomic E-state index is -0.409. The summed E-state index contributed by atoms with van der Waals surface area (Å²) in [7, 11) is 3.23. The number of nitrogen functional groups attached to an aromatic ring is 1. The van der Waals surface area contributed by atoms with E-state index >= 15 is 0 Å². The molecule has 152 valence electrons. The summed E-state index contributed by atoms with van der Waals surface area (Å²) < 4.78 is 17.8. The van der Waals surface area contributed by atoms with Gasteiger partial charge >= 0.3 is 5.97 Å². The van der Waals surface area contributed by atoms with Gasteiger partial charge in [0.2, 0.25) is 0 Å². The van der Waals surface area contributed by atoms with Crippen LogP contribution in [0.25, 0.3) is 11.1 Å². The van der Waals surface area contributed by atoms with E-state index in [-0.39, 0.29) is 0 Å². The first kappa shape index (κ1) is 20.3. The number of benzene rings is 2. The molecule has 0 aliphatic rings. The summed E-state index contributed by atoms with van der Waals surface area (Å²) in [5.41, 5.74) is 9.54. The molecule has 0 spiro atoms. The SMILES string of the molecule is CCOC(=O)c1c(-c2ccccc2)cn(CCc2ccc(OC)c(OC)c2)c1N. The highest BCUT2D eigenvalue weighted by atomic mass is 16.5. The first-order chi connectivity index (χ1) is 14.1. The Bertz CT molecular complexity index is 980. The van der Waals surface area contributed by atoms with Crippen molar-refractivity contribution >= 4 is 11.8 Å².